The van der Waals surface area contributed by atoms with Crippen molar-refractivity contribution in [3.8, 4) is 23.0 Å². The van der Waals surface area contributed by atoms with Gasteiger partial charge in [-0.05, 0) is 129 Å². The number of esters is 2. The Morgan fingerprint density at radius 3 is 1.34 bits per heavy atom. The summed E-state index contributed by atoms with van der Waals surface area (Å²) in [5.41, 5.74) is 2.18. The van der Waals surface area contributed by atoms with Crippen LogP contribution in [0.25, 0.3) is 0 Å². The fourth-order valence-electron chi connectivity index (χ4n) is 5.18. The van der Waals surface area contributed by atoms with Crippen molar-refractivity contribution < 1.29 is 56.4 Å². The van der Waals surface area contributed by atoms with E-state index in [-0.39, 0.29) is 35.4 Å². The van der Waals surface area contributed by atoms with Gasteiger partial charge >= 0.3 is 24.1 Å². The predicted molar refractivity (Wildman–Crippen MR) is 221 cm³/mol. The molecule has 15 heteroatoms. The molecule has 0 saturated carbocycles. The number of ether oxygens (including phenoxy) is 4. The lowest BCUT2D eigenvalue weighted by Gasteiger charge is -2.36. The second kappa shape index (κ2) is 20.6. The van der Waals surface area contributed by atoms with E-state index >= 15 is 0 Å². The van der Waals surface area contributed by atoms with Crippen molar-refractivity contribution in [3.63, 3.8) is 0 Å². The first-order chi connectivity index (χ1) is 27.6. The van der Waals surface area contributed by atoms with Gasteiger partial charge in [0, 0.05) is 0 Å². The Hall–Kier alpha value is -5.96. The quantitative estimate of drug-likeness (QED) is 0.108. The van der Waals surface area contributed by atoms with E-state index in [0.717, 1.165) is 11.3 Å². The molecule has 4 aromatic carbocycles. The molecule has 2 atom stereocenters. The number of phenolic OH excluding ortho intramolecular Hbond substituents is 1. The van der Waals surface area contributed by atoms with Crippen LogP contribution >= 0.6 is 0 Å². The van der Waals surface area contributed by atoms with Gasteiger partial charge in [0.05, 0.1) is 26.3 Å². The van der Waals surface area contributed by atoms with E-state index in [1.807, 2.05) is 24.3 Å². The van der Waals surface area contributed by atoms with Crippen molar-refractivity contribution >= 4 is 32.4 Å². The van der Waals surface area contributed by atoms with E-state index < -0.39 is 56.2 Å². The third kappa shape index (κ3) is 13.6. The molecule has 318 valence electrons. The van der Waals surface area contributed by atoms with Crippen LogP contribution in [-0.2, 0) is 19.1 Å². The van der Waals surface area contributed by atoms with Gasteiger partial charge in [-0.15, -0.1) is 0 Å². The summed E-state index contributed by atoms with van der Waals surface area (Å²) in [5.74, 6) is -0.773. The maximum Gasteiger partial charge on any atom is 0.416 e. The standard InChI is InChI=1S/C25H34FNO5Si.C19H20FNO5/c1-17-15-21(13-14-22(17)26)31-24(29)27(16-23(28)30-6)18(2)19-9-11-20(12-10-19)32-33(7,8)25(3,4)5;1-12-10-16(8-9-17(12)20)26-19(24)21(11-18(23)25-3)13(2)14-4-6-15(22)7-5-14/h9-15,18H,16H2,1-8H3;4-10,13,22H,11H2,1-3H3/t18-;13-/m00/s1. The van der Waals surface area contributed by atoms with Crippen LogP contribution in [0.2, 0.25) is 18.1 Å². The van der Waals surface area contributed by atoms with E-state index in [9.17, 15) is 33.1 Å². The number of hydrogen-bond acceptors (Lipinski definition) is 10. The Morgan fingerprint density at radius 2 is 1.00 bits per heavy atom. The number of aromatic hydroxyl groups is 1. The average Bonchev–Trinajstić information content (AvgIpc) is 3.18. The first-order valence-corrected chi connectivity index (χ1v) is 21.7. The Balaban J connectivity index is 0.000000324. The number of carbonyl (C=O) groups excluding carboxylic acids is 4. The lowest BCUT2D eigenvalue weighted by atomic mass is 10.1. The Morgan fingerprint density at radius 1 is 0.644 bits per heavy atom. The van der Waals surface area contributed by atoms with E-state index in [0.29, 0.717) is 16.7 Å². The number of rotatable bonds is 12. The molecule has 4 aromatic rings. The van der Waals surface area contributed by atoms with Crippen LogP contribution in [0.15, 0.2) is 84.9 Å². The van der Waals surface area contributed by atoms with E-state index in [2.05, 4.69) is 38.6 Å². The summed E-state index contributed by atoms with van der Waals surface area (Å²) in [4.78, 5) is 51.7. The van der Waals surface area contributed by atoms with Crippen molar-refractivity contribution in [3.05, 3.63) is 119 Å². The molecule has 0 aromatic heterocycles. The fourth-order valence-corrected chi connectivity index (χ4v) is 6.21. The summed E-state index contributed by atoms with van der Waals surface area (Å²) >= 11 is 0. The monoisotopic (exact) mass is 836 g/mol. The molecule has 1 N–H and O–H groups in total. The van der Waals surface area contributed by atoms with Crippen LogP contribution < -0.4 is 13.9 Å². The minimum Gasteiger partial charge on any atom is -0.544 e. The summed E-state index contributed by atoms with van der Waals surface area (Å²) in [5, 5.41) is 9.47. The van der Waals surface area contributed by atoms with Gasteiger partial charge < -0.3 is 28.5 Å². The summed E-state index contributed by atoms with van der Waals surface area (Å²) < 4.78 is 53.3. The van der Waals surface area contributed by atoms with Crippen molar-refractivity contribution in [1.29, 1.82) is 0 Å². The van der Waals surface area contributed by atoms with Gasteiger partial charge in [-0.25, -0.2) is 18.4 Å². The van der Waals surface area contributed by atoms with Gasteiger partial charge in [0.25, 0.3) is 0 Å². The highest BCUT2D eigenvalue weighted by atomic mass is 28.4. The zero-order chi connectivity index (χ0) is 44.2. The molecule has 59 heavy (non-hydrogen) atoms. The maximum absolute atomic E-state index is 13.5. The third-order valence-corrected chi connectivity index (χ3v) is 14.4. The zero-order valence-corrected chi connectivity index (χ0v) is 36.4. The number of aryl methyl sites for hydroxylation is 2. The van der Waals surface area contributed by atoms with Gasteiger partial charge in [0.2, 0.25) is 8.32 Å². The molecule has 12 nitrogen and oxygen atoms in total. The highest BCUT2D eigenvalue weighted by Gasteiger charge is 2.39. The molecule has 0 bridgehead atoms. The van der Waals surface area contributed by atoms with Gasteiger partial charge in [-0.3, -0.25) is 19.4 Å². The molecule has 0 fully saturated rings. The molecular formula is C44H54F2N2O10Si. The van der Waals surface area contributed by atoms with Crippen molar-refractivity contribution in [2.24, 2.45) is 0 Å². The van der Waals surface area contributed by atoms with Crippen LogP contribution in [0.5, 0.6) is 23.0 Å². The molecule has 0 aliphatic rings. The molecular weight excluding hydrogens is 783 g/mol. The molecule has 0 saturated heterocycles. The van der Waals surface area contributed by atoms with E-state index in [1.54, 1.807) is 39.8 Å². The van der Waals surface area contributed by atoms with Crippen LogP contribution in [0.1, 0.15) is 69.0 Å². The topological polar surface area (TPSA) is 141 Å². The van der Waals surface area contributed by atoms with Crippen molar-refractivity contribution in [2.75, 3.05) is 27.3 Å². The van der Waals surface area contributed by atoms with E-state index in [1.165, 1.54) is 72.6 Å². The minimum atomic E-state index is -1.98. The van der Waals surface area contributed by atoms with Crippen molar-refractivity contribution in [2.45, 2.75) is 78.7 Å². The maximum atomic E-state index is 13.5. The molecule has 0 spiro atoms. The average molecular weight is 837 g/mol. The minimum absolute atomic E-state index is 0.0682. The number of nitrogens with zero attached hydrogens (tertiary/aromatic N) is 2. The number of halogens is 2. The largest absolute Gasteiger partial charge is 0.544 e. The van der Waals surface area contributed by atoms with Crippen LogP contribution in [0.3, 0.4) is 0 Å². The van der Waals surface area contributed by atoms with Crippen LogP contribution in [0, 0.1) is 25.5 Å². The van der Waals surface area contributed by atoms with Gasteiger partial charge in [0.1, 0.15) is 47.7 Å². The third-order valence-electron chi connectivity index (χ3n) is 10.0. The lowest BCUT2D eigenvalue weighted by molar-refractivity contribution is -0.142. The Kier molecular flexibility index (Phi) is 16.6. The number of carbonyl (C=O) groups is 4. The predicted octanol–water partition coefficient (Wildman–Crippen LogP) is 9.83. The second-order valence-electron chi connectivity index (χ2n) is 15.3. The molecule has 0 unspecified atom stereocenters. The molecule has 0 aliphatic carbocycles. The van der Waals surface area contributed by atoms with Gasteiger partial charge in [-0.2, -0.15) is 0 Å². The molecule has 2 amide bonds. The highest BCUT2D eigenvalue weighted by molar-refractivity contribution is 6.74. The van der Waals surface area contributed by atoms with Crippen molar-refractivity contribution in [1.82, 2.24) is 9.80 Å². The van der Waals surface area contributed by atoms with Gasteiger partial charge in [0.15, 0.2) is 0 Å². The molecule has 0 aliphatic heterocycles. The lowest BCUT2D eigenvalue weighted by Crippen LogP contribution is -2.43. The fraction of sp³-hybridized carbons (Fsp3) is 0.364. The summed E-state index contributed by atoms with van der Waals surface area (Å²) in [6.07, 6.45) is -1.51. The van der Waals surface area contributed by atoms with Gasteiger partial charge in [-0.1, -0.05) is 45.0 Å². The summed E-state index contributed by atoms with van der Waals surface area (Å²) in [7, 11) is 0.498. The molecule has 0 radical (unpaired) electrons. The molecule has 4 rings (SSSR count). The Labute approximate surface area is 345 Å². The molecule has 0 heterocycles. The summed E-state index contributed by atoms with van der Waals surface area (Å²) in [6, 6.07) is 20.7. The Bertz CT molecular complexity index is 2070. The van der Waals surface area contributed by atoms with E-state index in [4.69, 9.17) is 18.6 Å². The number of benzene rings is 4. The number of amides is 2. The first-order valence-electron chi connectivity index (χ1n) is 18.8. The van der Waals surface area contributed by atoms with Crippen LogP contribution in [0.4, 0.5) is 18.4 Å². The summed E-state index contributed by atoms with van der Waals surface area (Å²) in [6.45, 7) is 16.9. The smallest absolute Gasteiger partial charge is 0.416 e. The highest BCUT2D eigenvalue weighted by Crippen LogP contribution is 2.38. The zero-order valence-electron chi connectivity index (χ0n) is 35.4. The van der Waals surface area contributed by atoms with Crippen LogP contribution in [-0.4, -0.2) is 74.7 Å². The first kappa shape index (κ1) is 47.4. The second-order valence-corrected chi connectivity index (χ2v) is 20.1. The SMILES string of the molecule is COC(=O)CN(C(=O)Oc1ccc(F)c(C)c1)[C@@H](C)c1ccc(O)cc1.COC(=O)CN(C(=O)Oc1ccc(F)c(C)c1)[C@@H](C)c1ccc(O[Si](C)(C)C(C)(C)C)cc1. The number of hydrogen-bond donors (Lipinski definition) is 1. The normalized spacial score (nSPS) is 12.2. The number of methoxy groups -OCH3 is 2. The number of phenols is 1.